The number of carbonyl (C=O) groups is 2. The lowest BCUT2D eigenvalue weighted by molar-refractivity contribution is 0.0604. The van der Waals surface area contributed by atoms with Gasteiger partial charge in [0.25, 0.3) is 5.91 Å². The van der Waals surface area contributed by atoms with Crippen LogP contribution in [0.15, 0.2) is 34.7 Å². The van der Waals surface area contributed by atoms with Gasteiger partial charge in [0, 0.05) is 18.2 Å². The van der Waals surface area contributed by atoms with Crippen LogP contribution in [-0.4, -0.2) is 37.3 Å². The van der Waals surface area contributed by atoms with E-state index >= 15 is 0 Å². The third-order valence-electron chi connectivity index (χ3n) is 3.29. The van der Waals surface area contributed by atoms with Gasteiger partial charge in [-0.15, -0.1) is 0 Å². The number of carbonyl (C=O) groups excluding carboxylic acids is 1. The van der Waals surface area contributed by atoms with Crippen molar-refractivity contribution in [3.63, 3.8) is 0 Å². The molecular formula is C17H18FNO6. The summed E-state index contributed by atoms with van der Waals surface area (Å²) in [5.74, 6) is -2.00. The fourth-order valence-corrected chi connectivity index (χ4v) is 2.01. The normalized spacial score (nSPS) is 10.6. The highest BCUT2D eigenvalue weighted by Gasteiger charge is 2.12. The van der Waals surface area contributed by atoms with Gasteiger partial charge in [-0.25, -0.2) is 9.18 Å². The maximum atomic E-state index is 13.8. The minimum Gasteiger partial charge on any atom is -0.475 e. The van der Waals surface area contributed by atoms with Crippen molar-refractivity contribution in [3.8, 4) is 0 Å². The highest BCUT2D eigenvalue weighted by Crippen LogP contribution is 2.13. The summed E-state index contributed by atoms with van der Waals surface area (Å²) < 4.78 is 28.9. The zero-order valence-corrected chi connectivity index (χ0v) is 13.6. The Balaban J connectivity index is 1.94. The molecule has 134 valence electrons. The molecule has 0 aliphatic carbocycles. The second kappa shape index (κ2) is 8.95. The molecule has 1 aromatic heterocycles. The van der Waals surface area contributed by atoms with E-state index in [1.54, 1.807) is 0 Å². The van der Waals surface area contributed by atoms with Gasteiger partial charge in [0.1, 0.15) is 11.6 Å². The van der Waals surface area contributed by atoms with Crippen molar-refractivity contribution in [1.82, 2.24) is 5.32 Å². The van der Waals surface area contributed by atoms with Crippen molar-refractivity contribution in [3.05, 3.63) is 58.8 Å². The number of hydrogen-bond acceptors (Lipinski definition) is 5. The number of ether oxygens (including phenoxy) is 2. The first-order valence-corrected chi connectivity index (χ1v) is 7.46. The van der Waals surface area contributed by atoms with Crippen LogP contribution >= 0.6 is 0 Å². The topological polar surface area (TPSA) is 98.0 Å². The average Bonchev–Trinajstić information content (AvgIpc) is 3.07. The van der Waals surface area contributed by atoms with Gasteiger partial charge < -0.3 is 24.3 Å². The van der Waals surface area contributed by atoms with Crippen LogP contribution in [0.4, 0.5) is 4.39 Å². The van der Waals surface area contributed by atoms with Crippen molar-refractivity contribution >= 4 is 11.9 Å². The Labute approximate surface area is 143 Å². The zero-order valence-electron chi connectivity index (χ0n) is 13.6. The molecule has 2 aromatic rings. The number of furan rings is 1. The number of nitrogens with one attached hydrogen (secondary N) is 1. The Kier molecular flexibility index (Phi) is 6.67. The van der Waals surface area contributed by atoms with Gasteiger partial charge in [-0.3, -0.25) is 4.79 Å². The summed E-state index contributed by atoms with van der Waals surface area (Å²) in [6.07, 6.45) is 0. The van der Waals surface area contributed by atoms with Gasteiger partial charge in [0.05, 0.1) is 26.4 Å². The van der Waals surface area contributed by atoms with E-state index in [2.05, 4.69) is 5.32 Å². The second-order valence-corrected chi connectivity index (χ2v) is 5.11. The molecule has 0 aliphatic rings. The van der Waals surface area contributed by atoms with E-state index < -0.39 is 17.7 Å². The number of benzene rings is 1. The molecule has 0 radical (unpaired) electrons. The van der Waals surface area contributed by atoms with Gasteiger partial charge >= 0.3 is 5.97 Å². The molecule has 0 fully saturated rings. The summed E-state index contributed by atoms with van der Waals surface area (Å²) in [6, 6.07) is 6.72. The predicted octanol–water partition coefficient (Wildman–Crippen LogP) is 2.21. The van der Waals surface area contributed by atoms with Crippen LogP contribution in [0.5, 0.6) is 0 Å². The average molecular weight is 351 g/mol. The molecule has 0 saturated carbocycles. The summed E-state index contributed by atoms with van der Waals surface area (Å²) in [4.78, 5) is 22.9. The quantitative estimate of drug-likeness (QED) is 0.672. The summed E-state index contributed by atoms with van der Waals surface area (Å²) >= 11 is 0. The lowest BCUT2D eigenvalue weighted by Gasteiger charge is -2.08. The minimum absolute atomic E-state index is 0.0170. The molecule has 0 unspecified atom stereocenters. The SMILES string of the molecule is COCCOCc1cc(C(=O)NCc2ccc(C(=O)O)o2)ccc1F. The van der Waals surface area contributed by atoms with E-state index in [4.69, 9.17) is 19.0 Å². The third-order valence-corrected chi connectivity index (χ3v) is 3.29. The maximum Gasteiger partial charge on any atom is 0.371 e. The number of amides is 1. The highest BCUT2D eigenvalue weighted by molar-refractivity contribution is 5.94. The molecule has 0 saturated heterocycles. The number of carboxylic acid groups (broad SMARTS) is 1. The largest absolute Gasteiger partial charge is 0.475 e. The summed E-state index contributed by atoms with van der Waals surface area (Å²) in [7, 11) is 1.54. The summed E-state index contributed by atoms with van der Waals surface area (Å²) in [6.45, 7) is 0.750. The highest BCUT2D eigenvalue weighted by atomic mass is 19.1. The number of carboxylic acids is 1. The lowest BCUT2D eigenvalue weighted by Crippen LogP contribution is -2.22. The van der Waals surface area contributed by atoms with Gasteiger partial charge in [-0.05, 0) is 30.3 Å². The van der Waals surface area contributed by atoms with Crippen molar-refractivity contribution < 1.29 is 33.0 Å². The lowest BCUT2D eigenvalue weighted by atomic mass is 10.1. The van der Waals surface area contributed by atoms with Gasteiger partial charge in [0.15, 0.2) is 0 Å². The molecule has 2 N–H and O–H groups in total. The molecule has 0 atom stereocenters. The second-order valence-electron chi connectivity index (χ2n) is 5.11. The van der Waals surface area contributed by atoms with Crippen LogP contribution in [0.3, 0.4) is 0 Å². The van der Waals surface area contributed by atoms with E-state index in [-0.39, 0.29) is 30.0 Å². The Hall–Kier alpha value is -2.71. The van der Waals surface area contributed by atoms with Gasteiger partial charge in [-0.2, -0.15) is 0 Å². The first-order chi connectivity index (χ1) is 12.0. The van der Waals surface area contributed by atoms with Crippen LogP contribution in [0.2, 0.25) is 0 Å². The van der Waals surface area contributed by atoms with Crippen LogP contribution in [-0.2, 0) is 22.6 Å². The van der Waals surface area contributed by atoms with Crippen molar-refractivity contribution in [2.75, 3.05) is 20.3 Å². The standard InChI is InChI=1S/C17H18FNO6/c1-23-6-7-24-10-12-8-11(2-4-14(12)18)16(20)19-9-13-3-5-15(25-13)17(21)22/h2-5,8H,6-7,9-10H2,1H3,(H,19,20)(H,21,22). The Morgan fingerprint density at radius 2 is 2.04 bits per heavy atom. The number of hydrogen-bond donors (Lipinski definition) is 2. The van der Waals surface area contributed by atoms with Crippen LogP contribution in [0, 0.1) is 5.82 Å². The van der Waals surface area contributed by atoms with Crippen LogP contribution in [0.25, 0.3) is 0 Å². The van der Waals surface area contributed by atoms with E-state index in [0.717, 1.165) is 0 Å². The molecular weight excluding hydrogens is 333 g/mol. The third kappa shape index (κ3) is 5.40. The smallest absolute Gasteiger partial charge is 0.371 e. The Morgan fingerprint density at radius 1 is 1.24 bits per heavy atom. The molecule has 8 heteroatoms. The first-order valence-electron chi connectivity index (χ1n) is 7.46. The van der Waals surface area contributed by atoms with E-state index in [9.17, 15) is 14.0 Å². The van der Waals surface area contributed by atoms with E-state index in [0.29, 0.717) is 19.0 Å². The number of methoxy groups -OCH3 is 1. The first kappa shape index (κ1) is 18.6. The molecule has 0 spiro atoms. The van der Waals surface area contributed by atoms with Crippen molar-refractivity contribution in [1.29, 1.82) is 0 Å². The summed E-state index contributed by atoms with van der Waals surface area (Å²) in [5.41, 5.74) is 0.520. The molecule has 25 heavy (non-hydrogen) atoms. The van der Waals surface area contributed by atoms with E-state index in [1.165, 1.54) is 37.4 Å². The van der Waals surface area contributed by atoms with Crippen LogP contribution < -0.4 is 5.32 Å². The monoisotopic (exact) mass is 351 g/mol. The maximum absolute atomic E-state index is 13.8. The van der Waals surface area contributed by atoms with Crippen LogP contribution in [0.1, 0.15) is 32.2 Å². The van der Waals surface area contributed by atoms with Crippen molar-refractivity contribution in [2.45, 2.75) is 13.2 Å². The Morgan fingerprint density at radius 3 is 2.72 bits per heavy atom. The molecule has 2 rings (SSSR count). The summed E-state index contributed by atoms with van der Waals surface area (Å²) in [5, 5.41) is 11.4. The zero-order chi connectivity index (χ0) is 18.2. The van der Waals surface area contributed by atoms with Crippen molar-refractivity contribution in [2.24, 2.45) is 0 Å². The van der Waals surface area contributed by atoms with Gasteiger partial charge in [0.2, 0.25) is 5.76 Å². The number of halogens is 1. The number of aromatic carboxylic acids is 1. The molecule has 0 bridgehead atoms. The van der Waals surface area contributed by atoms with E-state index in [1.807, 2.05) is 0 Å². The predicted molar refractivity (Wildman–Crippen MR) is 84.8 cm³/mol. The molecule has 1 aromatic carbocycles. The fraction of sp³-hybridized carbons (Fsp3) is 0.294. The molecule has 1 amide bonds. The number of rotatable bonds is 9. The minimum atomic E-state index is -1.19. The Bertz CT molecular complexity index is 742. The molecule has 7 nitrogen and oxygen atoms in total. The molecule has 1 heterocycles. The molecule has 0 aliphatic heterocycles. The van der Waals surface area contributed by atoms with Gasteiger partial charge in [-0.1, -0.05) is 0 Å². The fourth-order valence-electron chi connectivity index (χ4n) is 2.01.